The minimum absolute atomic E-state index is 0.0332. The lowest BCUT2D eigenvalue weighted by Crippen LogP contribution is -2.29. The molecule has 2 aromatic carbocycles. The highest BCUT2D eigenvalue weighted by Crippen LogP contribution is 2.40. The zero-order valence-electron chi connectivity index (χ0n) is 32.6. The second-order valence-corrected chi connectivity index (χ2v) is 17.0. The summed E-state index contributed by atoms with van der Waals surface area (Å²) in [5.74, 6) is 3.47. The number of benzene rings is 2. The van der Waals surface area contributed by atoms with Crippen LogP contribution in [0, 0.1) is 47.5 Å². The Bertz CT molecular complexity index is 2390. The normalized spacial score (nSPS) is 16.0. The van der Waals surface area contributed by atoms with Crippen molar-refractivity contribution in [3.63, 3.8) is 0 Å². The van der Waals surface area contributed by atoms with Crippen LogP contribution >= 0.6 is 22.7 Å². The van der Waals surface area contributed by atoms with E-state index in [9.17, 15) is 4.79 Å². The topological polar surface area (TPSA) is 115 Å². The average molecular weight is 758 g/mol. The van der Waals surface area contributed by atoms with Gasteiger partial charge in [-0.15, -0.1) is 43.1 Å². The molecule has 0 saturated carbocycles. The van der Waals surface area contributed by atoms with Crippen LogP contribution in [0.15, 0.2) is 70.6 Å². The molecule has 0 radical (unpaired) electrons. The molecule has 0 bridgehead atoms. The van der Waals surface area contributed by atoms with Crippen LogP contribution in [0.4, 0.5) is 0 Å². The molecule has 0 fully saturated rings. The number of fused-ring (bicyclic) bond motifs is 6. The van der Waals surface area contributed by atoms with Crippen molar-refractivity contribution < 1.29 is 4.79 Å². The van der Waals surface area contributed by atoms with Crippen LogP contribution in [0.5, 0.6) is 0 Å². The molecule has 0 aliphatic carbocycles. The second-order valence-electron chi connectivity index (χ2n) is 14.6. The van der Waals surface area contributed by atoms with Gasteiger partial charge >= 0.3 is 0 Å². The molecule has 12 heteroatoms. The number of nitrogens with zero attached hydrogens (tertiary/aromatic N) is 8. The van der Waals surface area contributed by atoms with Gasteiger partial charge in [0, 0.05) is 50.4 Å². The summed E-state index contributed by atoms with van der Waals surface area (Å²) in [5, 5.41) is 23.4. The Hall–Kier alpha value is -4.91. The average Bonchev–Trinajstić information content (AvgIpc) is 3.84. The Balaban J connectivity index is 0.000000167. The molecule has 0 unspecified atom stereocenters. The number of hydrogen-bond acceptors (Lipinski definition) is 10. The summed E-state index contributed by atoms with van der Waals surface area (Å²) in [4.78, 5) is 25.4. The van der Waals surface area contributed by atoms with Crippen LogP contribution in [0.1, 0.15) is 113 Å². The van der Waals surface area contributed by atoms with Gasteiger partial charge in [0.2, 0.25) is 0 Å². The van der Waals surface area contributed by atoms with Crippen molar-refractivity contribution in [1.29, 1.82) is 0 Å². The molecule has 4 aromatic heterocycles. The first-order valence-corrected chi connectivity index (χ1v) is 20.1. The first-order valence-electron chi connectivity index (χ1n) is 18.5. The van der Waals surface area contributed by atoms with Crippen molar-refractivity contribution in [2.75, 3.05) is 0 Å². The number of aromatic nitrogens is 6. The third kappa shape index (κ3) is 6.82. The number of rotatable bonds is 7. The summed E-state index contributed by atoms with van der Waals surface area (Å²) in [6.45, 7) is 20.7. The number of thiophene rings is 2. The maximum atomic E-state index is 12.6. The summed E-state index contributed by atoms with van der Waals surface area (Å²) in [7, 11) is 0. The predicted molar refractivity (Wildman–Crippen MR) is 219 cm³/mol. The van der Waals surface area contributed by atoms with E-state index in [4.69, 9.17) is 9.98 Å². The van der Waals surface area contributed by atoms with Gasteiger partial charge < -0.3 is 0 Å². The SMILES string of the molecule is Cc1sc2c(c1C)C(c1ccccc1)=N[C@@H](CC(=O)C(C)C)c1nnc(C)n1-2.Cc1sc2c(c1C)C(c1ccccc1)=N[C@@H](NC(C)C)c1nnc(C)n1-2. The molecule has 10 nitrogen and oxygen atoms in total. The summed E-state index contributed by atoms with van der Waals surface area (Å²) in [6.07, 6.45) is 0.102. The van der Waals surface area contributed by atoms with E-state index in [0.29, 0.717) is 6.42 Å². The molecular formula is C42H47N9OS2. The number of Topliss-reactive ketones (excluding diaryl/α,β-unsaturated/α-hetero) is 1. The third-order valence-corrected chi connectivity index (χ3v) is 12.4. The lowest BCUT2D eigenvalue weighted by molar-refractivity contribution is -0.122. The Morgan fingerprint density at radius 2 is 1.13 bits per heavy atom. The van der Waals surface area contributed by atoms with Crippen molar-refractivity contribution in [1.82, 2.24) is 34.8 Å². The van der Waals surface area contributed by atoms with E-state index in [0.717, 1.165) is 61.4 Å². The largest absolute Gasteiger partial charge is 0.299 e. The van der Waals surface area contributed by atoms with Gasteiger partial charge in [-0.2, -0.15) is 0 Å². The van der Waals surface area contributed by atoms with E-state index >= 15 is 0 Å². The number of ketones is 1. The minimum Gasteiger partial charge on any atom is -0.299 e. The standard InChI is InChI=1S/C22H24N4OS.C20H23N5S/c1-12(2)18(27)11-17-21-25-24-15(5)26(21)22-19(13(3)14(4)28-22)20(23-17)16-9-7-6-8-10-16;1-11(2)21-18-19-24-23-14(5)25(19)20-16(12(3)13(4)26-20)17(22-18)15-9-7-6-8-10-15/h6-10,12,17H,11H2,1-5H3;6-11,18,21H,1-5H3/t17-;18-/m01/s1. The zero-order chi connectivity index (χ0) is 38.4. The highest BCUT2D eigenvalue weighted by Gasteiger charge is 2.33. The van der Waals surface area contributed by atoms with Crippen molar-refractivity contribution in [3.8, 4) is 10.0 Å². The summed E-state index contributed by atoms with van der Waals surface area (Å²) >= 11 is 3.52. The van der Waals surface area contributed by atoms with E-state index in [1.54, 1.807) is 22.7 Å². The molecule has 0 spiro atoms. The quantitative estimate of drug-likeness (QED) is 0.174. The minimum atomic E-state index is -0.342. The third-order valence-electron chi connectivity index (χ3n) is 10.0. The van der Waals surface area contributed by atoms with Gasteiger partial charge in [-0.3, -0.25) is 29.2 Å². The molecule has 278 valence electrons. The highest BCUT2D eigenvalue weighted by atomic mass is 32.1. The summed E-state index contributed by atoms with van der Waals surface area (Å²) < 4.78 is 4.26. The van der Waals surface area contributed by atoms with Gasteiger partial charge in [0.25, 0.3) is 0 Å². The Kier molecular flexibility index (Phi) is 10.4. The van der Waals surface area contributed by atoms with E-state index < -0.39 is 0 Å². The monoisotopic (exact) mass is 757 g/mol. The van der Waals surface area contributed by atoms with Crippen molar-refractivity contribution in [2.24, 2.45) is 15.9 Å². The predicted octanol–water partition coefficient (Wildman–Crippen LogP) is 8.86. The molecular weight excluding hydrogens is 711 g/mol. The maximum absolute atomic E-state index is 12.6. The fourth-order valence-corrected chi connectivity index (χ4v) is 9.32. The molecule has 0 saturated heterocycles. The van der Waals surface area contributed by atoms with Gasteiger partial charge in [-0.25, -0.2) is 0 Å². The van der Waals surface area contributed by atoms with Crippen LogP contribution in [0.3, 0.4) is 0 Å². The first kappa shape index (κ1) is 37.4. The fourth-order valence-electron chi connectivity index (χ4n) is 6.89. The Morgan fingerprint density at radius 1 is 0.667 bits per heavy atom. The van der Waals surface area contributed by atoms with Gasteiger partial charge in [-0.1, -0.05) is 74.5 Å². The maximum Gasteiger partial charge on any atom is 0.178 e. The van der Waals surface area contributed by atoms with Gasteiger partial charge in [0.05, 0.1) is 11.4 Å². The van der Waals surface area contributed by atoms with Gasteiger partial charge in [0.15, 0.2) is 17.8 Å². The number of nitrogens with one attached hydrogen (secondary N) is 1. The van der Waals surface area contributed by atoms with Gasteiger partial charge in [-0.05, 0) is 66.5 Å². The number of aryl methyl sites for hydroxylation is 4. The number of aliphatic imine (C=N–C) groups is 2. The molecule has 0 amide bonds. The van der Waals surface area contributed by atoms with E-state index in [1.807, 2.05) is 52.0 Å². The van der Waals surface area contributed by atoms with Crippen molar-refractivity contribution in [2.45, 2.75) is 93.9 Å². The molecule has 2 aliphatic heterocycles. The fraction of sp³-hybridized carbons (Fsp3) is 0.357. The van der Waals surface area contributed by atoms with E-state index in [1.165, 1.54) is 26.4 Å². The Morgan fingerprint density at radius 3 is 1.61 bits per heavy atom. The molecule has 2 atom stereocenters. The van der Waals surface area contributed by atoms with Crippen LogP contribution < -0.4 is 5.32 Å². The van der Waals surface area contributed by atoms with Gasteiger partial charge in [0.1, 0.15) is 33.5 Å². The van der Waals surface area contributed by atoms with E-state index in [-0.39, 0.29) is 30.0 Å². The summed E-state index contributed by atoms with van der Waals surface area (Å²) in [5.41, 5.74) is 8.95. The number of hydrogen-bond donors (Lipinski definition) is 1. The lowest BCUT2D eigenvalue weighted by Gasteiger charge is -2.17. The highest BCUT2D eigenvalue weighted by molar-refractivity contribution is 7.15. The summed E-state index contributed by atoms with van der Waals surface area (Å²) in [6, 6.07) is 20.6. The Labute approximate surface area is 325 Å². The number of carbonyl (C=O) groups excluding carboxylic acids is 1. The second kappa shape index (κ2) is 15.1. The molecule has 8 rings (SSSR count). The van der Waals surface area contributed by atoms with Crippen molar-refractivity contribution >= 4 is 39.9 Å². The smallest absolute Gasteiger partial charge is 0.178 e. The lowest BCUT2D eigenvalue weighted by atomic mass is 9.99. The molecule has 54 heavy (non-hydrogen) atoms. The first-order chi connectivity index (χ1) is 25.8. The van der Waals surface area contributed by atoms with Crippen LogP contribution in [-0.2, 0) is 4.79 Å². The molecule has 6 aromatic rings. The van der Waals surface area contributed by atoms with Crippen molar-refractivity contribution in [3.05, 3.63) is 127 Å². The molecule has 6 heterocycles. The molecule has 1 N–H and O–H groups in total. The number of carbonyl (C=O) groups is 1. The van der Waals surface area contributed by atoms with Crippen LogP contribution in [0.25, 0.3) is 10.0 Å². The molecule has 2 aliphatic rings. The van der Waals surface area contributed by atoms with Crippen LogP contribution in [-0.4, -0.2) is 52.8 Å². The van der Waals surface area contributed by atoms with Crippen LogP contribution in [0.2, 0.25) is 0 Å². The van der Waals surface area contributed by atoms with E-state index in [2.05, 4.69) is 113 Å². The zero-order valence-corrected chi connectivity index (χ0v) is 34.2.